The summed E-state index contributed by atoms with van der Waals surface area (Å²) in [7, 11) is -2.91. The fourth-order valence-corrected chi connectivity index (χ4v) is 4.20. The van der Waals surface area contributed by atoms with Crippen LogP contribution in [0.5, 0.6) is 0 Å². The summed E-state index contributed by atoms with van der Waals surface area (Å²) in [6.45, 7) is 0.120. The van der Waals surface area contributed by atoms with E-state index in [0.717, 1.165) is 11.4 Å². The average Bonchev–Trinajstić information content (AvgIpc) is 2.97. The first-order valence-corrected chi connectivity index (χ1v) is 7.75. The first-order chi connectivity index (χ1) is 9.89. The van der Waals surface area contributed by atoms with Crippen LogP contribution in [-0.2, 0) is 19.6 Å². The van der Waals surface area contributed by atoms with Crippen molar-refractivity contribution in [1.29, 1.82) is 0 Å². The Hall–Kier alpha value is -1.93. The number of ether oxygens (including phenoxy) is 1. The summed E-state index contributed by atoms with van der Waals surface area (Å²) in [5, 5.41) is 9.12. The summed E-state index contributed by atoms with van der Waals surface area (Å²) in [6, 6.07) is 4.51. The first-order valence-electron chi connectivity index (χ1n) is 6.31. The second-order valence-electron chi connectivity index (χ2n) is 4.60. The Morgan fingerprint density at radius 3 is 2.62 bits per heavy atom. The molecule has 114 valence electrons. The van der Waals surface area contributed by atoms with E-state index in [0.29, 0.717) is 6.42 Å². The van der Waals surface area contributed by atoms with E-state index < -0.39 is 28.0 Å². The number of aliphatic carboxylic acids is 1. The van der Waals surface area contributed by atoms with Gasteiger partial charge in [-0.15, -0.1) is 0 Å². The second-order valence-corrected chi connectivity index (χ2v) is 6.46. The molecule has 0 aliphatic carbocycles. The van der Waals surface area contributed by atoms with Gasteiger partial charge in [-0.25, -0.2) is 13.2 Å². The molecule has 0 amide bonds. The number of hydrogen-bond acceptors (Lipinski definition) is 5. The Morgan fingerprint density at radius 2 is 2.00 bits per heavy atom. The van der Waals surface area contributed by atoms with Crippen molar-refractivity contribution in [3.8, 4) is 0 Å². The Labute approximate surface area is 122 Å². The van der Waals surface area contributed by atoms with Crippen molar-refractivity contribution in [2.24, 2.45) is 0 Å². The molecule has 21 heavy (non-hydrogen) atoms. The van der Waals surface area contributed by atoms with Crippen molar-refractivity contribution in [2.45, 2.75) is 23.8 Å². The van der Waals surface area contributed by atoms with Gasteiger partial charge in [-0.05, 0) is 25.0 Å². The summed E-state index contributed by atoms with van der Waals surface area (Å²) in [6.07, 6.45) is 0.728. The maximum atomic E-state index is 12.6. The van der Waals surface area contributed by atoms with Crippen LogP contribution in [0, 0.1) is 0 Å². The molecule has 2 rings (SSSR count). The van der Waals surface area contributed by atoms with E-state index in [2.05, 4.69) is 4.74 Å². The van der Waals surface area contributed by atoms with Gasteiger partial charge in [0, 0.05) is 6.54 Å². The first kappa shape index (κ1) is 15.5. The lowest BCUT2D eigenvalue weighted by Gasteiger charge is -2.22. The van der Waals surface area contributed by atoms with Crippen LogP contribution in [0.3, 0.4) is 0 Å². The lowest BCUT2D eigenvalue weighted by molar-refractivity contribution is -0.140. The number of esters is 1. The van der Waals surface area contributed by atoms with Gasteiger partial charge >= 0.3 is 11.9 Å². The Morgan fingerprint density at radius 1 is 1.33 bits per heavy atom. The minimum absolute atomic E-state index is 0.101. The van der Waals surface area contributed by atoms with Crippen LogP contribution in [0.25, 0.3) is 0 Å². The molecule has 0 saturated carbocycles. The van der Waals surface area contributed by atoms with Crippen LogP contribution in [-0.4, -0.2) is 49.5 Å². The minimum Gasteiger partial charge on any atom is -0.480 e. The Balaban J connectivity index is 2.50. The summed E-state index contributed by atoms with van der Waals surface area (Å²) in [5.74, 6) is -1.97. The maximum Gasteiger partial charge on any atom is 0.339 e. The molecule has 1 fully saturated rings. The molecule has 1 aromatic carbocycles. The van der Waals surface area contributed by atoms with Crippen molar-refractivity contribution >= 4 is 22.0 Å². The zero-order chi connectivity index (χ0) is 15.6. The molecular formula is C13H15NO6S. The van der Waals surface area contributed by atoms with Crippen molar-refractivity contribution in [2.75, 3.05) is 13.7 Å². The van der Waals surface area contributed by atoms with Crippen LogP contribution in [0.4, 0.5) is 0 Å². The minimum atomic E-state index is -4.07. The number of carbonyl (C=O) groups excluding carboxylic acids is 1. The molecule has 8 heteroatoms. The van der Waals surface area contributed by atoms with E-state index in [4.69, 9.17) is 5.11 Å². The number of nitrogens with zero attached hydrogens (tertiary/aromatic N) is 1. The number of rotatable bonds is 4. The van der Waals surface area contributed by atoms with E-state index in [1.807, 2.05) is 0 Å². The standard InChI is InChI=1S/C13H15NO6S/c1-20-13(17)9-5-2-3-7-11(9)21(18,19)14-8-4-6-10(14)12(15)16/h2-3,5,7,10H,4,6,8H2,1H3,(H,15,16)/t10-/m1/s1. The normalized spacial score (nSPS) is 19.4. The molecule has 0 aromatic heterocycles. The number of benzene rings is 1. The van der Waals surface area contributed by atoms with Crippen LogP contribution in [0.2, 0.25) is 0 Å². The predicted molar refractivity (Wildman–Crippen MR) is 72.3 cm³/mol. The molecule has 1 aliphatic heterocycles. The molecule has 0 radical (unpaired) electrons. The summed E-state index contributed by atoms with van der Waals surface area (Å²) < 4.78 is 30.8. The van der Waals surface area contributed by atoms with Crippen molar-refractivity contribution in [3.63, 3.8) is 0 Å². The van der Waals surface area contributed by atoms with Crippen molar-refractivity contribution < 1.29 is 27.9 Å². The van der Waals surface area contributed by atoms with E-state index in [9.17, 15) is 18.0 Å². The number of carboxylic acids is 1. The highest BCUT2D eigenvalue weighted by molar-refractivity contribution is 7.89. The monoisotopic (exact) mass is 313 g/mol. The Bertz CT molecular complexity index is 669. The molecule has 1 aliphatic rings. The smallest absolute Gasteiger partial charge is 0.339 e. The third-order valence-corrected chi connectivity index (χ3v) is 5.33. The zero-order valence-corrected chi connectivity index (χ0v) is 12.2. The van der Waals surface area contributed by atoms with Gasteiger partial charge in [0.1, 0.15) is 6.04 Å². The van der Waals surface area contributed by atoms with Gasteiger partial charge in [-0.1, -0.05) is 12.1 Å². The topological polar surface area (TPSA) is 101 Å². The number of carbonyl (C=O) groups is 2. The third-order valence-electron chi connectivity index (χ3n) is 3.37. The van der Waals surface area contributed by atoms with Crippen molar-refractivity contribution in [3.05, 3.63) is 29.8 Å². The molecule has 1 atom stereocenters. The molecule has 0 bridgehead atoms. The highest BCUT2D eigenvalue weighted by Gasteiger charge is 2.40. The van der Waals surface area contributed by atoms with Gasteiger partial charge < -0.3 is 9.84 Å². The highest BCUT2D eigenvalue weighted by Crippen LogP contribution is 2.28. The molecule has 1 aromatic rings. The number of hydrogen-bond donors (Lipinski definition) is 1. The van der Waals surface area contributed by atoms with Gasteiger partial charge in [0.05, 0.1) is 17.6 Å². The quantitative estimate of drug-likeness (QED) is 0.822. The number of sulfonamides is 1. The van der Waals surface area contributed by atoms with E-state index in [-0.39, 0.29) is 23.4 Å². The average molecular weight is 313 g/mol. The van der Waals surface area contributed by atoms with Crippen LogP contribution >= 0.6 is 0 Å². The van der Waals surface area contributed by atoms with Crippen molar-refractivity contribution in [1.82, 2.24) is 4.31 Å². The van der Waals surface area contributed by atoms with Gasteiger partial charge in [-0.3, -0.25) is 4.79 Å². The molecule has 1 N–H and O–H groups in total. The van der Waals surface area contributed by atoms with Gasteiger partial charge in [-0.2, -0.15) is 4.31 Å². The molecule has 1 saturated heterocycles. The molecule has 0 spiro atoms. The maximum absolute atomic E-state index is 12.6. The van der Waals surface area contributed by atoms with Crippen LogP contribution in [0.1, 0.15) is 23.2 Å². The highest BCUT2D eigenvalue weighted by atomic mass is 32.2. The zero-order valence-electron chi connectivity index (χ0n) is 11.4. The van der Waals surface area contributed by atoms with E-state index in [1.165, 1.54) is 24.3 Å². The van der Waals surface area contributed by atoms with Gasteiger partial charge in [0.15, 0.2) is 0 Å². The fourth-order valence-electron chi connectivity index (χ4n) is 2.37. The fraction of sp³-hybridized carbons (Fsp3) is 0.385. The van der Waals surface area contributed by atoms with Crippen LogP contribution in [0.15, 0.2) is 29.2 Å². The van der Waals surface area contributed by atoms with Gasteiger partial charge in [0.2, 0.25) is 10.0 Å². The SMILES string of the molecule is COC(=O)c1ccccc1S(=O)(=O)N1CCC[C@@H]1C(=O)O. The van der Waals surface area contributed by atoms with Crippen LogP contribution < -0.4 is 0 Å². The predicted octanol–water partition coefficient (Wildman–Crippen LogP) is 0.711. The van der Waals surface area contributed by atoms with E-state index >= 15 is 0 Å². The summed E-state index contributed by atoms with van der Waals surface area (Å²) >= 11 is 0. The number of methoxy groups -OCH3 is 1. The lowest BCUT2D eigenvalue weighted by Crippen LogP contribution is -2.40. The summed E-state index contributed by atoms with van der Waals surface area (Å²) in [5.41, 5.74) is -0.101. The van der Waals surface area contributed by atoms with Gasteiger partial charge in [0.25, 0.3) is 0 Å². The summed E-state index contributed by atoms with van der Waals surface area (Å²) in [4.78, 5) is 22.6. The molecule has 0 unspecified atom stereocenters. The van der Waals surface area contributed by atoms with E-state index in [1.54, 1.807) is 0 Å². The molecule has 7 nitrogen and oxygen atoms in total. The number of carboxylic acid groups (broad SMARTS) is 1. The third kappa shape index (κ3) is 2.77. The Kier molecular flexibility index (Phi) is 4.29. The molecular weight excluding hydrogens is 298 g/mol. The molecule has 1 heterocycles. The lowest BCUT2D eigenvalue weighted by atomic mass is 10.2. The largest absolute Gasteiger partial charge is 0.480 e. The second kappa shape index (κ2) is 5.82.